The predicted octanol–water partition coefficient (Wildman–Crippen LogP) is 1.52. The van der Waals surface area contributed by atoms with Gasteiger partial charge in [-0.2, -0.15) is 25.3 Å². The van der Waals surface area contributed by atoms with Crippen molar-refractivity contribution in [1.82, 2.24) is 5.32 Å². The van der Waals surface area contributed by atoms with Gasteiger partial charge >= 0.3 is 0 Å². The fourth-order valence-electron chi connectivity index (χ4n) is 0.773. The summed E-state index contributed by atoms with van der Waals surface area (Å²) in [5, 5.41) is 2.60. The first-order valence-corrected chi connectivity index (χ1v) is 5.40. The Labute approximate surface area is 85.3 Å². The second-order valence-electron chi connectivity index (χ2n) is 2.75. The van der Waals surface area contributed by atoms with Gasteiger partial charge in [0, 0.05) is 6.54 Å². The maximum absolute atomic E-state index is 11.0. The largest absolute Gasteiger partial charge is 0.355 e. The number of carbonyl (C=O) groups excluding carboxylic acids is 1. The molecule has 0 bridgehead atoms. The Balaban J connectivity index is 3.14. The van der Waals surface area contributed by atoms with Crippen molar-refractivity contribution in [2.75, 3.05) is 12.3 Å². The summed E-state index contributed by atoms with van der Waals surface area (Å²) >= 11 is 8.11. The molecule has 1 N–H and O–H groups in total. The SMILES string of the molecule is CC(S)C(=O)NCCCCCS. The van der Waals surface area contributed by atoms with Crippen LogP contribution in [0, 0.1) is 0 Å². The summed E-state index contributed by atoms with van der Waals surface area (Å²) in [6, 6.07) is 0. The highest BCUT2D eigenvalue weighted by molar-refractivity contribution is 7.81. The Morgan fingerprint density at radius 3 is 2.58 bits per heavy atom. The molecule has 0 radical (unpaired) electrons. The van der Waals surface area contributed by atoms with Crippen molar-refractivity contribution in [2.24, 2.45) is 0 Å². The smallest absolute Gasteiger partial charge is 0.232 e. The van der Waals surface area contributed by atoms with Crippen LogP contribution in [0.2, 0.25) is 0 Å². The van der Waals surface area contributed by atoms with Gasteiger partial charge in [-0.15, -0.1) is 0 Å². The summed E-state index contributed by atoms with van der Waals surface area (Å²) < 4.78 is 0. The van der Waals surface area contributed by atoms with Gasteiger partial charge in [-0.25, -0.2) is 0 Å². The lowest BCUT2D eigenvalue weighted by atomic mass is 10.2. The van der Waals surface area contributed by atoms with E-state index in [0.717, 1.165) is 31.6 Å². The van der Waals surface area contributed by atoms with E-state index in [-0.39, 0.29) is 11.2 Å². The van der Waals surface area contributed by atoms with Crippen molar-refractivity contribution in [3.05, 3.63) is 0 Å². The van der Waals surface area contributed by atoms with Crippen molar-refractivity contribution >= 4 is 31.2 Å². The monoisotopic (exact) mass is 207 g/mol. The van der Waals surface area contributed by atoms with Gasteiger partial charge in [0.15, 0.2) is 0 Å². The zero-order valence-electron chi connectivity index (χ0n) is 7.42. The van der Waals surface area contributed by atoms with Gasteiger partial charge in [-0.3, -0.25) is 4.79 Å². The standard InChI is InChI=1S/C8H17NOS2/c1-7(12)8(10)9-5-3-2-4-6-11/h7,11-12H,2-6H2,1H3,(H,9,10). The second kappa shape index (κ2) is 7.80. The highest BCUT2D eigenvalue weighted by atomic mass is 32.1. The maximum Gasteiger partial charge on any atom is 0.232 e. The third-order valence-electron chi connectivity index (χ3n) is 1.51. The van der Waals surface area contributed by atoms with Crippen LogP contribution in [-0.4, -0.2) is 23.5 Å². The first-order chi connectivity index (χ1) is 5.68. The van der Waals surface area contributed by atoms with E-state index in [9.17, 15) is 4.79 Å². The Bertz CT molecular complexity index is 128. The third kappa shape index (κ3) is 6.85. The average molecular weight is 207 g/mol. The van der Waals surface area contributed by atoms with Gasteiger partial charge in [0.05, 0.1) is 5.25 Å². The molecule has 0 aliphatic heterocycles. The van der Waals surface area contributed by atoms with Crippen molar-refractivity contribution in [3.8, 4) is 0 Å². The first-order valence-electron chi connectivity index (χ1n) is 4.25. The molecule has 0 rings (SSSR count). The van der Waals surface area contributed by atoms with E-state index >= 15 is 0 Å². The van der Waals surface area contributed by atoms with E-state index < -0.39 is 0 Å². The molecule has 0 fully saturated rings. The lowest BCUT2D eigenvalue weighted by molar-refractivity contribution is -0.120. The Morgan fingerprint density at radius 2 is 2.08 bits per heavy atom. The van der Waals surface area contributed by atoms with Gasteiger partial charge in [0.1, 0.15) is 0 Å². The van der Waals surface area contributed by atoms with E-state index in [1.165, 1.54) is 0 Å². The highest BCUT2D eigenvalue weighted by Gasteiger charge is 2.04. The minimum Gasteiger partial charge on any atom is -0.355 e. The number of thiol groups is 2. The van der Waals surface area contributed by atoms with Crippen LogP contribution in [0.3, 0.4) is 0 Å². The van der Waals surface area contributed by atoms with Crippen LogP contribution in [-0.2, 0) is 4.79 Å². The zero-order valence-corrected chi connectivity index (χ0v) is 9.20. The molecule has 0 spiro atoms. The maximum atomic E-state index is 11.0. The topological polar surface area (TPSA) is 29.1 Å². The summed E-state index contributed by atoms with van der Waals surface area (Å²) in [4.78, 5) is 11.0. The average Bonchev–Trinajstić information content (AvgIpc) is 2.03. The lowest BCUT2D eigenvalue weighted by Crippen LogP contribution is -2.30. The summed E-state index contributed by atoms with van der Waals surface area (Å²) in [5.41, 5.74) is 0. The van der Waals surface area contributed by atoms with E-state index in [1.54, 1.807) is 6.92 Å². The van der Waals surface area contributed by atoms with Crippen LogP contribution in [0.1, 0.15) is 26.2 Å². The number of hydrogen-bond donors (Lipinski definition) is 3. The molecule has 0 saturated heterocycles. The Morgan fingerprint density at radius 1 is 1.42 bits per heavy atom. The van der Waals surface area contributed by atoms with Gasteiger partial charge in [-0.1, -0.05) is 6.42 Å². The quantitative estimate of drug-likeness (QED) is 0.447. The highest BCUT2D eigenvalue weighted by Crippen LogP contribution is 1.96. The van der Waals surface area contributed by atoms with Crippen LogP contribution >= 0.6 is 25.3 Å². The predicted molar refractivity (Wildman–Crippen MR) is 59.2 cm³/mol. The van der Waals surface area contributed by atoms with Crippen molar-refractivity contribution < 1.29 is 4.79 Å². The first kappa shape index (κ1) is 12.2. The fourth-order valence-corrected chi connectivity index (χ4v) is 1.09. The molecule has 1 atom stereocenters. The molecule has 1 unspecified atom stereocenters. The van der Waals surface area contributed by atoms with Gasteiger partial charge < -0.3 is 5.32 Å². The number of amides is 1. The number of unbranched alkanes of at least 4 members (excludes halogenated alkanes) is 2. The molecule has 0 saturated carbocycles. The van der Waals surface area contributed by atoms with Crippen LogP contribution in [0.25, 0.3) is 0 Å². The van der Waals surface area contributed by atoms with Crippen molar-refractivity contribution in [2.45, 2.75) is 31.4 Å². The number of hydrogen-bond acceptors (Lipinski definition) is 3. The minimum atomic E-state index is -0.199. The van der Waals surface area contributed by atoms with Crippen LogP contribution in [0.15, 0.2) is 0 Å². The van der Waals surface area contributed by atoms with Crippen molar-refractivity contribution in [3.63, 3.8) is 0 Å². The number of carbonyl (C=O) groups is 1. The zero-order chi connectivity index (χ0) is 9.40. The minimum absolute atomic E-state index is 0.0178. The molecule has 0 aromatic rings. The molecular formula is C8H17NOS2. The molecule has 0 aromatic carbocycles. The molecule has 0 aliphatic carbocycles. The number of rotatable bonds is 6. The summed E-state index contributed by atoms with van der Waals surface area (Å²) in [5.74, 6) is 0.945. The Kier molecular flexibility index (Phi) is 7.91. The third-order valence-corrected chi connectivity index (χ3v) is 2.06. The van der Waals surface area contributed by atoms with Crippen LogP contribution in [0.4, 0.5) is 0 Å². The molecule has 12 heavy (non-hydrogen) atoms. The summed E-state index contributed by atoms with van der Waals surface area (Å²) in [6.07, 6.45) is 3.28. The van der Waals surface area contributed by atoms with Gasteiger partial charge in [0.2, 0.25) is 5.91 Å². The van der Waals surface area contributed by atoms with Crippen LogP contribution in [0.5, 0.6) is 0 Å². The molecule has 4 heteroatoms. The second-order valence-corrected chi connectivity index (χ2v) is 3.97. The number of nitrogens with one attached hydrogen (secondary N) is 1. The van der Waals surface area contributed by atoms with Gasteiger partial charge in [0.25, 0.3) is 0 Å². The van der Waals surface area contributed by atoms with E-state index in [4.69, 9.17) is 0 Å². The van der Waals surface area contributed by atoms with Crippen LogP contribution < -0.4 is 5.32 Å². The lowest BCUT2D eigenvalue weighted by Gasteiger charge is -2.05. The molecule has 0 aromatic heterocycles. The van der Waals surface area contributed by atoms with Gasteiger partial charge in [-0.05, 0) is 25.5 Å². The molecule has 0 aliphatic rings. The Hall–Kier alpha value is 0.170. The molecule has 0 heterocycles. The molecular weight excluding hydrogens is 190 g/mol. The fraction of sp³-hybridized carbons (Fsp3) is 0.875. The van der Waals surface area contributed by atoms with E-state index in [1.807, 2.05) is 0 Å². The van der Waals surface area contributed by atoms with E-state index in [0.29, 0.717) is 0 Å². The van der Waals surface area contributed by atoms with Crippen molar-refractivity contribution in [1.29, 1.82) is 0 Å². The normalized spacial score (nSPS) is 12.6. The molecule has 2 nitrogen and oxygen atoms in total. The molecule has 1 amide bonds. The summed E-state index contributed by atoms with van der Waals surface area (Å²) in [6.45, 7) is 2.53. The summed E-state index contributed by atoms with van der Waals surface area (Å²) in [7, 11) is 0. The van der Waals surface area contributed by atoms with E-state index in [2.05, 4.69) is 30.6 Å². The molecule has 72 valence electrons.